The van der Waals surface area contributed by atoms with Crippen LogP contribution in [-0.4, -0.2) is 18.6 Å². The number of anilines is 1. The predicted octanol–water partition coefficient (Wildman–Crippen LogP) is 6.42. The summed E-state index contributed by atoms with van der Waals surface area (Å²) in [5.74, 6) is 2.38. The number of amides is 1. The van der Waals surface area contributed by atoms with Crippen LogP contribution < -0.4 is 14.8 Å². The molecule has 1 N–H and O–H groups in total. The fourth-order valence-corrected chi connectivity index (χ4v) is 2.99. The highest BCUT2D eigenvalue weighted by atomic mass is 16.5. The van der Waals surface area contributed by atoms with Gasteiger partial charge in [0, 0.05) is 11.8 Å². The molecule has 0 heterocycles. The van der Waals surface area contributed by atoms with E-state index in [1.807, 2.05) is 49.4 Å². The topological polar surface area (TPSA) is 47.6 Å². The van der Waals surface area contributed by atoms with E-state index in [2.05, 4.69) is 39.1 Å². The van der Waals surface area contributed by atoms with Gasteiger partial charge in [0.05, 0.1) is 6.61 Å². The summed E-state index contributed by atoms with van der Waals surface area (Å²) in [5.41, 5.74) is 1.86. The largest absolute Gasteiger partial charge is 0.494 e. The normalized spacial score (nSPS) is 13.0. The first-order valence-electron chi connectivity index (χ1n) is 10.7. The zero-order valence-electron chi connectivity index (χ0n) is 18.4. The minimum absolute atomic E-state index is 0.147. The molecule has 0 aliphatic heterocycles. The maximum Gasteiger partial charge on any atom is 0.265 e. The summed E-state index contributed by atoms with van der Waals surface area (Å²) in [4.78, 5) is 12.8. The lowest BCUT2D eigenvalue weighted by Crippen LogP contribution is -2.32. The minimum Gasteiger partial charge on any atom is -0.494 e. The van der Waals surface area contributed by atoms with Crippen LogP contribution in [0.1, 0.15) is 65.4 Å². The van der Waals surface area contributed by atoms with Crippen LogP contribution >= 0.6 is 0 Å². The lowest BCUT2D eigenvalue weighted by molar-refractivity contribution is -0.122. The highest BCUT2D eigenvalue weighted by Gasteiger charge is 2.21. The van der Waals surface area contributed by atoms with Crippen LogP contribution in [0.3, 0.4) is 0 Å². The molecule has 0 spiro atoms. The maximum absolute atomic E-state index is 12.8. The van der Waals surface area contributed by atoms with Crippen LogP contribution in [0.2, 0.25) is 0 Å². The molecule has 2 unspecified atom stereocenters. The van der Waals surface area contributed by atoms with Crippen molar-refractivity contribution in [3.8, 4) is 11.5 Å². The molecule has 2 rings (SSSR count). The molecule has 1 amide bonds. The molecule has 0 aliphatic rings. The Morgan fingerprint density at radius 3 is 2.45 bits per heavy atom. The summed E-state index contributed by atoms with van der Waals surface area (Å²) >= 11 is 0. The first-order chi connectivity index (χ1) is 13.9. The van der Waals surface area contributed by atoms with Crippen LogP contribution in [-0.2, 0) is 4.79 Å². The summed E-state index contributed by atoms with van der Waals surface area (Å²) in [6.45, 7) is 11.3. The third kappa shape index (κ3) is 7.12. The average molecular weight is 398 g/mol. The molecule has 0 aromatic heterocycles. The number of hydrogen-bond donors (Lipinski definition) is 1. The molecule has 4 nitrogen and oxygen atoms in total. The summed E-state index contributed by atoms with van der Waals surface area (Å²) in [5, 5.41) is 2.97. The highest BCUT2D eigenvalue weighted by Crippen LogP contribution is 2.29. The van der Waals surface area contributed by atoms with E-state index in [1.165, 1.54) is 0 Å². The van der Waals surface area contributed by atoms with Crippen molar-refractivity contribution in [2.24, 2.45) is 5.92 Å². The number of hydrogen-bond acceptors (Lipinski definition) is 3. The van der Waals surface area contributed by atoms with Gasteiger partial charge in [0.2, 0.25) is 0 Å². The Balaban J connectivity index is 2.04. The van der Waals surface area contributed by atoms with E-state index in [4.69, 9.17) is 9.47 Å². The molecule has 0 saturated heterocycles. The quantitative estimate of drug-likeness (QED) is 0.476. The van der Waals surface area contributed by atoms with Gasteiger partial charge >= 0.3 is 0 Å². The fourth-order valence-electron chi connectivity index (χ4n) is 2.99. The first-order valence-corrected chi connectivity index (χ1v) is 10.7. The van der Waals surface area contributed by atoms with Crippen molar-refractivity contribution in [3.63, 3.8) is 0 Å². The van der Waals surface area contributed by atoms with Crippen molar-refractivity contribution in [2.75, 3.05) is 11.9 Å². The molecule has 29 heavy (non-hydrogen) atoms. The van der Waals surface area contributed by atoms with Crippen molar-refractivity contribution < 1.29 is 14.3 Å². The third-order valence-corrected chi connectivity index (χ3v) is 5.06. The van der Waals surface area contributed by atoms with E-state index < -0.39 is 6.10 Å². The van der Waals surface area contributed by atoms with E-state index in [9.17, 15) is 4.79 Å². The summed E-state index contributed by atoms with van der Waals surface area (Å²) < 4.78 is 11.9. The smallest absolute Gasteiger partial charge is 0.265 e. The second-order valence-corrected chi connectivity index (χ2v) is 7.91. The summed E-state index contributed by atoms with van der Waals surface area (Å²) in [6.07, 6.45) is 2.06. The van der Waals surface area contributed by atoms with Gasteiger partial charge in [-0.2, -0.15) is 0 Å². The van der Waals surface area contributed by atoms with E-state index in [0.717, 1.165) is 29.9 Å². The Morgan fingerprint density at radius 2 is 1.76 bits per heavy atom. The number of rotatable bonds is 11. The number of nitrogens with one attached hydrogen (secondary N) is 1. The Morgan fingerprint density at radius 1 is 1.00 bits per heavy atom. The Hall–Kier alpha value is -2.49. The molecule has 2 aromatic rings. The number of benzene rings is 2. The van der Waals surface area contributed by atoms with Crippen LogP contribution in [0.4, 0.5) is 5.69 Å². The van der Waals surface area contributed by atoms with Crippen molar-refractivity contribution in [3.05, 3.63) is 54.1 Å². The second kappa shape index (κ2) is 11.5. The lowest BCUT2D eigenvalue weighted by atomic mass is 9.98. The van der Waals surface area contributed by atoms with Gasteiger partial charge in [0.15, 0.2) is 6.10 Å². The molecule has 4 heteroatoms. The first kappa shape index (κ1) is 22.8. The maximum atomic E-state index is 12.8. The fraction of sp³-hybridized carbons (Fsp3) is 0.480. The van der Waals surface area contributed by atoms with E-state index >= 15 is 0 Å². The standard InChI is InChI=1S/C25H35NO3/c1-6-19(5)22-13-8-9-14-24(22)29-23(7-2)25(27)26-20-11-10-12-21(17-20)28-16-15-18(3)4/h8-14,17-19,23H,6-7,15-16H2,1-5H3,(H,26,27). The number of carbonyl (C=O) groups excluding carboxylic acids is 1. The Labute approximate surface area is 175 Å². The molecule has 0 fully saturated rings. The third-order valence-electron chi connectivity index (χ3n) is 5.06. The molecule has 0 radical (unpaired) electrons. The van der Waals surface area contributed by atoms with Gasteiger partial charge in [-0.05, 0) is 54.9 Å². The zero-order chi connectivity index (χ0) is 21.2. The number of ether oxygens (including phenoxy) is 2. The molecule has 158 valence electrons. The highest BCUT2D eigenvalue weighted by molar-refractivity contribution is 5.94. The van der Waals surface area contributed by atoms with Gasteiger partial charge in [-0.15, -0.1) is 0 Å². The minimum atomic E-state index is -0.550. The monoisotopic (exact) mass is 397 g/mol. The number of carbonyl (C=O) groups is 1. The van der Waals surface area contributed by atoms with E-state index in [-0.39, 0.29) is 5.91 Å². The molecular weight excluding hydrogens is 362 g/mol. The Bertz CT molecular complexity index is 772. The van der Waals surface area contributed by atoms with Gasteiger partial charge in [0.25, 0.3) is 5.91 Å². The van der Waals surface area contributed by atoms with Gasteiger partial charge in [-0.1, -0.05) is 58.9 Å². The summed E-state index contributed by atoms with van der Waals surface area (Å²) in [6, 6.07) is 15.5. The van der Waals surface area contributed by atoms with E-state index in [1.54, 1.807) is 0 Å². The van der Waals surface area contributed by atoms with Gasteiger partial charge in [0.1, 0.15) is 11.5 Å². The molecular formula is C25H35NO3. The molecule has 2 atom stereocenters. The van der Waals surface area contributed by atoms with Crippen molar-refractivity contribution >= 4 is 11.6 Å². The van der Waals surface area contributed by atoms with Gasteiger partial charge in [-0.25, -0.2) is 0 Å². The molecule has 0 aliphatic carbocycles. The van der Waals surface area contributed by atoms with Crippen LogP contribution in [0.5, 0.6) is 11.5 Å². The lowest BCUT2D eigenvalue weighted by Gasteiger charge is -2.21. The van der Waals surface area contributed by atoms with Gasteiger partial charge in [-0.3, -0.25) is 4.79 Å². The zero-order valence-corrected chi connectivity index (χ0v) is 18.4. The van der Waals surface area contributed by atoms with Crippen LogP contribution in [0, 0.1) is 5.92 Å². The summed E-state index contributed by atoms with van der Waals surface area (Å²) in [7, 11) is 0. The van der Waals surface area contributed by atoms with Crippen molar-refractivity contribution in [1.29, 1.82) is 0 Å². The number of para-hydroxylation sites is 1. The van der Waals surface area contributed by atoms with Crippen molar-refractivity contribution in [1.82, 2.24) is 0 Å². The second-order valence-electron chi connectivity index (χ2n) is 7.91. The predicted molar refractivity (Wildman–Crippen MR) is 120 cm³/mol. The molecule has 2 aromatic carbocycles. The molecule has 0 bridgehead atoms. The van der Waals surface area contributed by atoms with Crippen molar-refractivity contribution in [2.45, 2.75) is 65.9 Å². The average Bonchev–Trinajstić information content (AvgIpc) is 2.71. The SMILES string of the molecule is CCC(Oc1ccccc1C(C)CC)C(=O)Nc1cccc(OCCC(C)C)c1. The van der Waals surface area contributed by atoms with E-state index in [0.29, 0.717) is 30.6 Å². The van der Waals surface area contributed by atoms with Gasteiger partial charge < -0.3 is 14.8 Å². The van der Waals surface area contributed by atoms with Crippen LogP contribution in [0.25, 0.3) is 0 Å². The van der Waals surface area contributed by atoms with Crippen LogP contribution in [0.15, 0.2) is 48.5 Å². The Kier molecular flexibility index (Phi) is 9.04. The molecule has 0 saturated carbocycles.